The number of benzene rings is 5. The minimum atomic E-state index is -0.410. The van der Waals surface area contributed by atoms with Gasteiger partial charge in [-0.25, -0.2) is 0 Å². The Bertz CT molecular complexity index is 2180. The molecule has 0 bridgehead atoms. The van der Waals surface area contributed by atoms with Gasteiger partial charge >= 0.3 is 0 Å². The number of allylic oxidation sites excluding steroid dienone is 2. The summed E-state index contributed by atoms with van der Waals surface area (Å²) in [5, 5.41) is 4.70. The van der Waals surface area contributed by atoms with Crippen molar-refractivity contribution in [2.75, 3.05) is 0 Å². The topological polar surface area (TPSA) is 56.4 Å². The zero-order valence-corrected chi connectivity index (χ0v) is 23.0. The van der Waals surface area contributed by atoms with Crippen molar-refractivity contribution in [3.05, 3.63) is 145 Å². The highest BCUT2D eigenvalue weighted by Gasteiger charge is 2.23. The lowest BCUT2D eigenvalue weighted by atomic mass is 10.0. The van der Waals surface area contributed by atoms with Gasteiger partial charge in [-0.2, -0.15) is 0 Å². The van der Waals surface area contributed by atoms with Gasteiger partial charge in [0.15, 0.2) is 5.58 Å². The van der Waals surface area contributed by atoms with Gasteiger partial charge in [0, 0.05) is 27.8 Å². The van der Waals surface area contributed by atoms with Gasteiger partial charge in [0.2, 0.25) is 0 Å². The fourth-order valence-corrected chi connectivity index (χ4v) is 6.29. The Morgan fingerprint density at radius 2 is 1.50 bits per heavy atom. The van der Waals surface area contributed by atoms with Gasteiger partial charge in [-0.15, -0.1) is 0 Å². The van der Waals surface area contributed by atoms with Crippen molar-refractivity contribution in [2.24, 2.45) is 10.7 Å². The van der Waals surface area contributed by atoms with E-state index in [-0.39, 0.29) is 6.04 Å². The highest BCUT2D eigenvalue weighted by Crippen LogP contribution is 2.42. The van der Waals surface area contributed by atoms with Crippen molar-refractivity contribution < 1.29 is 4.42 Å². The third-order valence-corrected chi connectivity index (χ3v) is 8.38. The van der Waals surface area contributed by atoms with Crippen LogP contribution in [0.1, 0.15) is 18.0 Å². The van der Waals surface area contributed by atoms with E-state index in [1.165, 1.54) is 27.4 Å². The number of aliphatic imine (C=N–C) groups is 1. The molecule has 8 rings (SSSR count). The first kappa shape index (κ1) is 24.6. The van der Waals surface area contributed by atoms with E-state index in [2.05, 4.69) is 107 Å². The lowest BCUT2D eigenvalue weighted by Gasteiger charge is -2.22. The van der Waals surface area contributed by atoms with E-state index in [1.807, 2.05) is 42.6 Å². The second-order valence-corrected chi connectivity index (χ2v) is 10.9. The minimum absolute atomic E-state index is 0.101. The number of hydrogen-bond donors (Lipinski definition) is 1. The molecular weight excluding hydrogens is 514 g/mol. The van der Waals surface area contributed by atoms with Crippen molar-refractivity contribution in [3.8, 4) is 11.1 Å². The molecule has 7 aromatic rings. The monoisotopic (exact) mass is 543 g/mol. The average Bonchev–Trinajstić information content (AvgIpc) is 3.60. The first-order valence-electron chi connectivity index (χ1n) is 14.4. The molecule has 0 radical (unpaired) electrons. The van der Waals surface area contributed by atoms with Crippen molar-refractivity contribution in [1.29, 1.82) is 0 Å². The Hall–Kier alpha value is -5.19. The number of rotatable bonds is 5. The second-order valence-electron chi connectivity index (χ2n) is 10.9. The van der Waals surface area contributed by atoms with E-state index in [4.69, 9.17) is 10.2 Å². The van der Waals surface area contributed by atoms with Crippen LogP contribution in [-0.4, -0.2) is 16.9 Å². The SMILES string of the molecule is NC(/N=C/c1ccccc1)C1=CCC(n2c3cc(-c4ccccc4)ccc3c3ccc4c5ccccc5oc4c32)C=C1. The van der Waals surface area contributed by atoms with Crippen LogP contribution in [0.5, 0.6) is 0 Å². The van der Waals surface area contributed by atoms with Gasteiger partial charge in [0.25, 0.3) is 0 Å². The third-order valence-electron chi connectivity index (χ3n) is 8.38. The summed E-state index contributed by atoms with van der Waals surface area (Å²) < 4.78 is 9.04. The number of nitrogens with zero attached hydrogens (tertiary/aromatic N) is 2. The molecule has 42 heavy (non-hydrogen) atoms. The molecule has 2 unspecified atom stereocenters. The molecule has 0 spiro atoms. The van der Waals surface area contributed by atoms with Crippen LogP contribution in [0.4, 0.5) is 0 Å². The van der Waals surface area contributed by atoms with Crippen molar-refractivity contribution >= 4 is 50.0 Å². The van der Waals surface area contributed by atoms with Crippen LogP contribution in [0.15, 0.2) is 148 Å². The first-order chi connectivity index (χ1) is 20.7. The van der Waals surface area contributed by atoms with E-state index >= 15 is 0 Å². The van der Waals surface area contributed by atoms with Crippen LogP contribution in [0.2, 0.25) is 0 Å². The molecule has 4 heteroatoms. The Kier molecular flexibility index (Phi) is 5.87. The Labute approximate surface area is 243 Å². The summed E-state index contributed by atoms with van der Waals surface area (Å²) in [5.41, 5.74) is 15.1. The molecule has 0 aliphatic heterocycles. The van der Waals surface area contributed by atoms with Crippen LogP contribution >= 0.6 is 0 Å². The maximum atomic E-state index is 6.58. The number of para-hydroxylation sites is 1. The Morgan fingerprint density at radius 3 is 2.31 bits per heavy atom. The normalized spacial score (nSPS) is 16.2. The van der Waals surface area contributed by atoms with Crippen molar-refractivity contribution in [3.63, 3.8) is 0 Å². The van der Waals surface area contributed by atoms with E-state index in [9.17, 15) is 0 Å². The summed E-state index contributed by atoms with van der Waals surface area (Å²) in [4.78, 5) is 4.63. The molecule has 1 aliphatic carbocycles. The maximum absolute atomic E-state index is 6.58. The third kappa shape index (κ3) is 4.08. The van der Waals surface area contributed by atoms with Gasteiger partial charge in [-0.05, 0) is 46.9 Å². The number of nitrogens with two attached hydrogens (primary N) is 1. The Morgan fingerprint density at radius 1 is 0.762 bits per heavy atom. The molecule has 0 fully saturated rings. The number of furan rings is 1. The molecular formula is C38H29N3O. The molecule has 0 amide bonds. The van der Waals surface area contributed by atoms with Gasteiger partial charge in [0.1, 0.15) is 11.7 Å². The van der Waals surface area contributed by atoms with Crippen LogP contribution in [0.25, 0.3) is 54.9 Å². The number of aromatic nitrogens is 1. The fraction of sp³-hybridized carbons (Fsp3) is 0.0789. The number of hydrogen-bond acceptors (Lipinski definition) is 3. The standard InChI is InChI=1S/C38H29N3O/c39-38(40-24-25-9-3-1-4-10-25)27-15-18-29(19-16-27)41-34-23-28(26-11-5-2-6-12-26)17-20-30(34)32-21-22-33-31-13-7-8-14-35(31)42-37(33)36(32)41/h1-18,20-24,29,38H,19,39H2/b40-24+. The maximum Gasteiger partial charge on any atom is 0.159 e. The van der Waals surface area contributed by atoms with E-state index < -0.39 is 6.17 Å². The van der Waals surface area contributed by atoms with E-state index in [1.54, 1.807) is 0 Å². The molecule has 202 valence electrons. The molecule has 1 aliphatic rings. The van der Waals surface area contributed by atoms with Gasteiger partial charge in [0.05, 0.1) is 17.1 Å². The molecule has 2 atom stereocenters. The quantitative estimate of drug-likeness (QED) is 0.220. The summed E-state index contributed by atoms with van der Waals surface area (Å²) in [5.74, 6) is 0. The highest BCUT2D eigenvalue weighted by atomic mass is 16.3. The predicted molar refractivity (Wildman–Crippen MR) is 175 cm³/mol. The summed E-state index contributed by atoms with van der Waals surface area (Å²) in [6, 6.07) is 40.3. The average molecular weight is 544 g/mol. The van der Waals surface area contributed by atoms with Crippen LogP contribution in [0, 0.1) is 0 Å². The lowest BCUT2D eigenvalue weighted by Crippen LogP contribution is -2.21. The second kappa shape index (κ2) is 10.0. The van der Waals surface area contributed by atoms with Gasteiger partial charge in [-0.1, -0.05) is 115 Å². The summed E-state index contributed by atoms with van der Waals surface area (Å²) >= 11 is 0. The number of fused-ring (bicyclic) bond motifs is 7. The predicted octanol–water partition coefficient (Wildman–Crippen LogP) is 9.19. The van der Waals surface area contributed by atoms with Crippen LogP contribution in [0.3, 0.4) is 0 Å². The van der Waals surface area contributed by atoms with Crippen molar-refractivity contribution in [1.82, 2.24) is 4.57 Å². The zero-order valence-electron chi connectivity index (χ0n) is 23.0. The van der Waals surface area contributed by atoms with E-state index in [0.717, 1.165) is 45.0 Å². The molecule has 2 N–H and O–H groups in total. The largest absolute Gasteiger partial charge is 0.454 e. The molecule has 0 saturated carbocycles. The zero-order chi connectivity index (χ0) is 28.0. The van der Waals surface area contributed by atoms with Crippen LogP contribution in [-0.2, 0) is 0 Å². The minimum Gasteiger partial charge on any atom is -0.454 e. The molecule has 2 aromatic heterocycles. The highest BCUT2D eigenvalue weighted by molar-refractivity contribution is 6.21. The summed E-state index contributed by atoms with van der Waals surface area (Å²) in [6.07, 6.45) is 8.89. The van der Waals surface area contributed by atoms with E-state index in [0.29, 0.717) is 0 Å². The van der Waals surface area contributed by atoms with Crippen LogP contribution < -0.4 is 5.73 Å². The smallest absolute Gasteiger partial charge is 0.159 e. The summed E-state index contributed by atoms with van der Waals surface area (Å²) in [6.45, 7) is 0. The molecule has 2 heterocycles. The summed E-state index contributed by atoms with van der Waals surface area (Å²) in [7, 11) is 0. The van der Waals surface area contributed by atoms with Gasteiger partial charge < -0.3 is 14.7 Å². The first-order valence-corrected chi connectivity index (χ1v) is 14.4. The van der Waals surface area contributed by atoms with Crippen molar-refractivity contribution in [2.45, 2.75) is 18.6 Å². The lowest BCUT2D eigenvalue weighted by molar-refractivity contribution is 0.628. The van der Waals surface area contributed by atoms with Gasteiger partial charge in [-0.3, -0.25) is 4.99 Å². The Balaban J connectivity index is 1.27. The molecule has 5 aromatic carbocycles. The molecule has 4 nitrogen and oxygen atoms in total. The fourth-order valence-electron chi connectivity index (χ4n) is 6.29. The molecule has 0 saturated heterocycles.